The SMILES string of the molecule is Cc1ccc(S(=O)(=O)NNc2ncnc(Nc3cccc(Cl)c3Cl)c2N)cc1. The number of halogens is 2. The Bertz CT molecular complexity index is 1110. The fraction of sp³-hybridized carbons (Fsp3) is 0.0588. The van der Waals surface area contributed by atoms with Gasteiger partial charge in [-0.1, -0.05) is 47.0 Å². The summed E-state index contributed by atoms with van der Waals surface area (Å²) in [5.41, 5.74) is 10.1. The minimum atomic E-state index is -3.81. The van der Waals surface area contributed by atoms with Gasteiger partial charge in [0.1, 0.15) is 12.0 Å². The van der Waals surface area contributed by atoms with Gasteiger partial charge in [0.2, 0.25) is 0 Å². The van der Waals surface area contributed by atoms with Crippen LogP contribution in [0.2, 0.25) is 10.0 Å². The lowest BCUT2D eigenvalue weighted by Gasteiger charge is -2.14. The van der Waals surface area contributed by atoms with Crippen molar-refractivity contribution in [2.45, 2.75) is 11.8 Å². The van der Waals surface area contributed by atoms with Crippen LogP contribution in [0, 0.1) is 6.92 Å². The molecule has 0 unspecified atom stereocenters. The number of nitrogens with zero attached hydrogens (tertiary/aromatic N) is 2. The maximum absolute atomic E-state index is 12.4. The molecule has 0 saturated carbocycles. The second kappa shape index (κ2) is 8.19. The van der Waals surface area contributed by atoms with Crippen LogP contribution in [0.3, 0.4) is 0 Å². The van der Waals surface area contributed by atoms with Gasteiger partial charge in [-0.3, -0.25) is 5.43 Å². The van der Waals surface area contributed by atoms with Crippen LogP contribution in [0.5, 0.6) is 0 Å². The minimum Gasteiger partial charge on any atom is -0.393 e. The molecule has 0 aliphatic carbocycles. The highest BCUT2D eigenvalue weighted by Crippen LogP contribution is 2.33. The predicted octanol–water partition coefficient (Wildman–Crippen LogP) is 3.72. The van der Waals surface area contributed by atoms with Gasteiger partial charge in [0, 0.05) is 0 Å². The Hall–Kier alpha value is -2.59. The molecule has 0 fully saturated rings. The number of hydrazine groups is 1. The van der Waals surface area contributed by atoms with Crippen molar-refractivity contribution in [1.82, 2.24) is 14.8 Å². The molecule has 0 radical (unpaired) electrons. The molecule has 5 N–H and O–H groups in total. The standard InChI is InChI=1S/C17H16Cl2N6O2S/c1-10-5-7-11(8-6-10)28(26,27)25-24-17-15(20)16(21-9-22-17)23-13-4-2-3-12(18)14(13)19/h2-9,25H,20H2,1H3,(H2,21,22,23,24). The summed E-state index contributed by atoms with van der Waals surface area (Å²) in [5, 5.41) is 3.61. The Kier molecular flexibility index (Phi) is 5.90. The van der Waals surface area contributed by atoms with E-state index in [4.69, 9.17) is 28.9 Å². The van der Waals surface area contributed by atoms with E-state index in [0.717, 1.165) is 5.56 Å². The zero-order valence-corrected chi connectivity index (χ0v) is 16.9. The number of rotatable bonds is 6. The smallest absolute Gasteiger partial charge is 0.257 e. The first-order valence-electron chi connectivity index (χ1n) is 7.94. The molecule has 11 heteroatoms. The molecule has 1 heterocycles. The molecule has 146 valence electrons. The second-order valence-electron chi connectivity index (χ2n) is 5.75. The van der Waals surface area contributed by atoms with Crippen molar-refractivity contribution in [2.24, 2.45) is 0 Å². The van der Waals surface area contributed by atoms with Crippen molar-refractivity contribution in [1.29, 1.82) is 0 Å². The van der Waals surface area contributed by atoms with Gasteiger partial charge in [-0.25, -0.2) is 18.4 Å². The van der Waals surface area contributed by atoms with E-state index in [1.165, 1.54) is 18.5 Å². The van der Waals surface area contributed by atoms with Crippen LogP contribution in [0.1, 0.15) is 5.56 Å². The van der Waals surface area contributed by atoms with E-state index >= 15 is 0 Å². The summed E-state index contributed by atoms with van der Waals surface area (Å²) >= 11 is 12.1. The zero-order valence-electron chi connectivity index (χ0n) is 14.6. The number of nitrogens with two attached hydrogens (primary N) is 1. The van der Waals surface area contributed by atoms with Crippen molar-refractivity contribution in [3.63, 3.8) is 0 Å². The molecule has 0 aliphatic rings. The summed E-state index contributed by atoms with van der Waals surface area (Å²) in [6.07, 6.45) is 1.22. The van der Waals surface area contributed by atoms with Crippen molar-refractivity contribution in [3.8, 4) is 0 Å². The van der Waals surface area contributed by atoms with Gasteiger partial charge in [-0.05, 0) is 31.2 Å². The van der Waals surface area contributed by atoms with Crippen LogP contribution in [0.4, 0.5) is 23.0 Å². The van der Waals surface area contributed by atoms with E-state index in [0.29, 0.717) is 15.7 Å². The average molecular weight is 439 g/mol. The lowest BCUT2D eigenvalue weighted by atomic mass is 10.2. The predicted molar refractivity (Wildman–Crippen MR) is 111 cm³/mol. The summed E-state index contributed by atoms with van der Waals surface area (Å²) in [6.45, 7) is 1.87. The summed E-state index contributed by atoms with van der Waals surface area (Å²) < 4.78 is 24.8. The van der Waals surface area contributed by atoms with Crippen LogP contribution in [0.25, 0.3) is 0 Å². The molecule has 3 rings (SSSR count). The van der Waals surface area contributed by atoms with Gasteiger partial charge >= 0.3 is 0 Å². The minimum absolute atomic E-state index is 0.0753. The molecule has 0 aliphatic heterocycles. The summed E-state index contributed by atoms with van der Waals surface area (Å²) in [6, 6.07) is 11.4. The van der Waals surface area contributed by atoms with Crippen LogP contribution in [-0.2, 0) is 10.0 Å². The Morgan fingerprint density at radius 1 is 1.00 bits per heavy atom. The van der Waals surface area contributed by atoms with Gasteiger partial charge in [-0.15, -0.1) is 4.83 Å². The first-order valence-corrected chi connectivity index (χ1v) is 10.2. The highest BCUT2D eigenvalue weighted by atomic mass is 35.5. The number of hydrogen-bond donors (Lipinski definition) is 4. The molecule has 0 saturated heterocycles. The molecule has 8 nitrogen and oxygen atoms in total. The number of aryl methyl sites for hydroxylation is 1. The van der Waals surface area contributed by atoms with E-state index in [9.17, 15) is 8.42 Å². The van der Waals surface area contributed by atoms with Crippen LogP contribution in [-0.4, -0.2) is 18.4 Å². The van der Waals surface area contributed by atoms with Crippen LogP contribution in [0.15, 0.2) is 53.7 Å². The van der Waals surface area contributed by atoms with E-state index in [-0.39, 0.29) is 22.2 Å². The van der Waals surface area contributed by atoms with Gasteiger partial charge in [-0.2, -0.15) is 0 Å². The molecule has 1 aromatic heterocycles. The number of anilines is 4. The van der Waals surface area contributed by atoms with E-state index in [2.05, 4.69) is 25.5 Å². The molecule has 28 heavy (non-hydrogen) atoms. The molecule has 0 atom stereocenters. The Balaban J connectivity index is 1.79. The van der Waals surface area contributed by atoms with Crippen molar-refractivity contribution < 1.29 is 8.42 Å². The summed E-state index contributed by atoms with van der Waals surface area (Å²) in [4.78, 5) is 10.3. The number of nitrogens with one attached hydrogen (secondary N) is 3. The second-order valence-corrected chi connectivity index (χ2v) is 8.22. The monoisotopic (exact) mass is 438 g/mol. The van der Waals surface area contributed by atoms with Gasteiger partial charge in [0.25, 0.3) is 10.0 Å². The van der Waals surface area contributed by atoms with E-state index < -0.39 is 10.0 Å². The average Bonchev–Trinajstić information content (AvgIpc) is 2.66. The molecule has 0 bridgehead atoms. The molecule has 3 aromatic rings. The lowest BCUT2D eigenvalue weighted by Crippen LogP contribution is -2.30. The van der Waals surface area contributed by atoms with Crippen LogP contribution < -0.4 is 21.3 Å². The zero-order chi connectivity index (χ0) is 20.3. The Morgan fingerprint density at radius 3 is 2.39 bits per heavy atom. The van der Waals surface area contributed by atoms with Crippen molar-refractivity contribution >= 4 is 56.2 Å². The quantitative estimate of drug-likeness (QED) is 0.432. The number of sulfonamides is 1. The van der Waals surface area contributed by atoms with Crippen molar-refractivity contribution in [3.05, 3.63) is 64.4 Å². The normalized spacial score (nSPS) is 11.2. The highest BCUT2D eigenvalue weighted by Gasteiger charge is 2.16. The maximum atomic E-state index is 12.4. The third-order valence-electron chi connectivity index (χ3n) is 3.72. The fourth-order valence-corrected chi connectivity index (χ4v) is 3.41. The first kappa shape index (κ1) is 20.2. The number of aromatic nitrogens is 2. The fourth-order valence-electron chi connectivity index (χ4n) is 2.21. The molecule has 2 aromatic carbocycles. The largest absolute Gasteiger partial charge is 0.393 e. The van der Waals surface area contributed by atoms with E-state index in [1.54, 1.807) is 30.3 Å². The Morgan fingerprint density at radius 2 is 1.68 bits per heavy atom. The molecule has 0 spiro atoms. The van der Waals surface area contributed by atoms with Gasteiger partial charge < -0.3 is 11.1 Å². The topological polar surface area (TPSA) is 122 Å². The molecular weight excluding hydrogens is 423 g/mol. The van der Waals surface area contributed by atoms with Gasteiger partial charge in [0.05, 0.1) is 20.6 Å². The third-order valence-corrected chi connectivity index (χ3v) is 5.81. The van der Waals surface area contributed by atoms with Crippen molar-refractivity contribution in [2.75, 3.05) is 16.5 Å². The number of hydrogen-bond acceptors (Lipinski definition) is 7. The molecule has 0 amide bonds. The molecular formula is C17H16Cl2N6O2S. The highest BCUT2D eigenvalue weighted by molar-refractivity contribution is 7.89. The maximum Gasteiger partial charge on any atom is 0.257 e. The lowest BCUT2D eigenvalue weighted by molar-refractivity contribution is 0.587. The van der Waals surface area contributed by atoms with Crippen LogP contribution >= 0.6 is 23.2 Å². The summed E-state index contributed by atoms with van der Waals surface area (Å²) in [5.74, 6) is 0.308. The van der Waals surface area contributed by atoms with E-state index in [1.807, 2.05) is 6.92 Å². The third kappa shape index (κ3) is 4.45. The number of nitrogen functional groups attached to an aromatic ring is 1. The summed E-state index contributed by atoms with van der Waals surface area (Å²) in [7, 11) is -3.81. The van der Waals surface area contributed by atoms with Gasteiger partial charge in [0.15, 0.2) is 11.6 Å². The first-order chi connectivity index (χ1) is 13.3. The Labute approximate surface area is 172 Å². The number of benzene rings is 2.